The molecule has 0 spiro atoms. The summed E-state index contributed by atoms with van der Waals surface area (Å²) < 4.78 is 11.1. The Labute approximate surface area is 314 Å². The lowest BCUT2D eigenvalue weighted by Gasteiger charge is -2.12. The van der Waals surface area contributed by atoms with E-state index in [2.05, 4.69) is 173 Å². The molecule has 0 atom stereocenters. The second-order valence-corrected chi connectivity index (χ2v) is 14.1. The highest BCUT2D eigenvalue weighted by Crippen LogP contribution is 2.39. The second kappa shape index (κ2) is 11.5. The minimum atomic E-state index is 0.568. The molecule has 0 aliphatic heterocycles. The number of aromatic nitrogens is 5. The molecule has 0 radical (unpaired) electrons. The van der Waals surface area contributed by atoms with Crippen LogP contribution in [0.5, 0.6) is 0 Å². The minimum absolute atomic E-state index is 0.568. The first-order valence-corrected chi connectivity index (χ1v) is 18.4. The van der Waals surface area contributed by atoms with Crippen molar-refractivity contribution < 1.29 is 4.42 Å². The molecule has 0 N–H and O–H groups in total. The molecule has 0 unspecified atom stereocenters. The number of furan rings is 1. The number of benzene rings is 8. The highest BCUT2D eigenvalue weighted by Gasteiger charge is 2.21. The predicted molar refractivity (Wildman–Crippen MR) is 224 cm³/mol. The summed E-state index contributed by atoms with van der Waals surface area (Å²) in [6.45, 7) is 0. The normalized spacial score (nSPS) is 12.0. The van der Waals surface area contributed by atoms with Crippen molar-refractivity contribution in [1.29, 1.82) is 0 Å². The highest BCUT2D eigenvalue weighted by atomic mass is 16.3. The topological polar surface area (TPSA) is 61.7 Å². The van der Waals surface area contributed by atoms with Crippen LogP contribution in [0.15, 0.2) is 180 Å². The van der Waals surface area contributed by atoms with Gasteiger partial charge < -0.3 is 8.98 Å². The van der Waals surface area contributed by atoms with Crippen molar-refractivity contribution in [2.75, 3.05) is 0 Å². The molecule has 0 amide bonds. The Hall–Kier alpha value is -7.57. The molecule has 0 fully saturated rings. The summed E-state index contributed by atoms with van der Waals surface area (Å²) in [6, 6.07) is 61.4. The maximum absolute atomic E-state index is 6.59. The number of nitrogens with zero attached hydrogens (tertiary/aromatic N) is 5. The first-order chi connectivity index (χ1) is 27.3. The molecule has 55 heavy (non-hydrogen) atoms. The van der Waals surface area contributed by atoms with Crippen molar-refractivity contribution in [3.63, 3.8) is 0 Å². The van der Waals surface area contributed by atoms with Crippen LogP contribution in [0.4, 0.5) is 0 Å². The van der Waals surface area contributed by atoms with E-state index < -0.39 is 0 Å². The average Bonchev–Trinajstić information content (AvgIpc) is 3.91. The van der Waals surface area contributed by atoms with Crippen LogP contribution in [0, 0.1) is 0 Å². The Bertz CT molecular complexity index is 3460. The Morgan fingerprint density at radius 1 is 0.364 bits per heavy atom. The first-order valence-electron chi connectivity index (χ1n) is 18.4. The van der Waals surface area contributed by atoms with Crippen LogP contribution in [0.3, 0.4) is 0 Å². The van der Waals surface area contributed by atoms with E-state index >= 15 is 0 Å². The van der Waals surface area contributed by atoms with Gasteiger partial charge in [-0.15, -0.1) is 0 Å². The van der Waals surface area contributed by atoms with E-state index in [0.717, 1.165) is 87.8 Å². The van der Waals surface area contributed by atoms with E-state index in [1.54, 1.807) is 0 Å². The number of fused-ring (bicyclic) bond motifs is 10. The van der Waals surface area contributed by atoms with Crippen LogP contribution >= 0.6 is 0 Å². The highest BCUT2D eigenvalue weighted by molar-refractivity contribution is 6.13. The number of hydrogen-bond acceptors (Lipinski definition) is 4. The quantitative estimate of drug-likeness (QED) is 0.183. The van der Waals surface area contributed by atoms with Gasteiger partial charge >= 0.3 is 0 Å². The van der Waals surface area contributed by atoms with Crippen molar-refractivity contribution in [3.8, 4) is 34.4 Å². The van der Waals surface area contributed by atoms with E-state index in [1.807, 2.05) is 12.1 Å². The molecule has 8 aromatic carbocycles. The van der Waals surface area contributed by atoms with Crippen LogP contribution in [0.1, 0.15) is 0 Å². The summed E-state index contributed by atoms with van der Waals surface area (Å²) in [5.74, 6) is 1.77. The first kappa shape index (κ1) is 29.9. The summed E-state index contributed by atoms with van der Waals surface area (Å²) in [4.78, 5) is 15.7. The van der Waals surface area contributed by atoms with Crippen LogP contribution in [-0.2, 0) is 0 Å². The number of hydrogen-bond donors (Lipinski definition) is 0. The molecular formula is C49H29N5O. The van der Waals surface area contributed by atoms with Crippen LogP contribution in [-0.4, -0.2) is 24.1 Å². The largest absolute Gasteiger partial charge is 0.454 e. The lowest BCUT2D eigenvalue weighted by atomic mass is 10.1. The van der Waals surface area contributed by atoms with Crippen molar-refractivity contribution >= 4 is 76.3 Å². The lowest BCUT2D eigenvalue weighted by Crippen LogP contribution is -2.06. The average molecular weight is 704 g/mol. The molecular weight excluding hydrogens is 675 g/mol. The van der Waals surface area contributed by atoms with Crippen LogP contribution in [0.25, 0.3) is 111 Å². The summed E-state index contributed by atoms with van der Waals surface area (Å²) in [7, 11) is 0. The smallest absolute Gasteiger partial charge is 0.238 e. The van der Waals surface area contributed by atoms with Gasteiger partial charge in [0.15, 0.2) is 17.2 Å². The van der Waals surface area contributed by atoms with Gasteiger partial charge in [-0.25, -0.2) is 4.98 Å². The zero-order valence-electron chi connectivity index (χ0n) is 29.4. The summed E-state index contributed by atoms with van der Waals surface area (Å²) >= 11 is 0. The molecule has 256 valence electrons. The molecule has 0 saturated heterocycles. The standard InChI is InChI=1S/C49H29N5O/c1-2-13-31-28-32(25-24-30(31)12-1)47-50-48(52-49(51-47)54-41-20-8-4-14-34(41)35-15-5-9-21-42(35)54)33-26-27-37-36-16-3-7-19-40(36)53(44(37)29-33)43-22-11-18-39-38-17-6-10-23-45(38)55-46(39)43/h1-29H. The maximum Gasteiger partial charge on any atom is 0.238 e. The predicted octanol–water partition coefficient (Wildman–Crippen LogP) is 12.5. The lowest BCUT2D eigenvalue weighted by molar-refractivity contribution is 0.666. The minimum Gasteiger partial charge on any atom is -0.454 e. The van der Waals surface area contributed by atoms with Gasteiger partial charge in [0, 0.05) is 43.4 Å². The summed E-state index contributed by atoms with van der Waals surface area (Å²) in [6.07, 6.45) is 0. The zero-order chi connectivity index (χ0) is 36.0. The fourth-order valence-corrected chi connectivity index (χ4v) is 8.47. The third-order valence-electron chi connectivity index (χ3n) is 11.0. The molecule has 12 rings (SSSR count). The van der Waals surface area contributed by atoms with E-state index in [4.69, 9.17) is 19.4 Å². The maximum atomic E-state index is 6.59. The van der Waals surface area contributed by atoms with E-state index in [0.29, 0.717) is 17.6 Å². The number of para-hydroxylation sites is 5. The molecule has 0 bridgehead atoms. The van der Waals surface area contributed by atoms with Gasteiger partial charge in [0.25, 0.3) is 0 Å². The number of rotatable bonds is 4. The molecule has 4 aromatic heterocycles. The Kier molecular flexibility index (Phi) is 6.24. The van der Waals surface area contributed by atoms with Gasteiger partial charge in [-0.2, -0.15) is 9.97 Å². The van der Waals surface area contributed by atoms with Crippen molar-refractivity contribution in [1.82, 2.24) is 24.1 Å². The third-order valence-corrected chi connectivity index (χ3v) is 11.0. The third kappa shape index (κ3) is 4.46. The van der Waals surface area contributed by atoms with Gasteiger partial charge in [0.1, 0.15) is 5.58 Å². The van der Waals surface area contributed by atoms with Crippen molar-refractivity contribution in [2.24, 2.45) is 0 Å². The summed E-state index contributed by atoms with van der Waals surface area (Å²) in [5.41, 5.74) is 8.74. The molecule has 6 nitrogen and oxygen atoms in total. The van der Waals surface area contributed by atoms with E-state index in [9.17, 15) is 0 Å². The molecule has 0 aliphatic rings. The fraction of sp³-hybridized carbons (Fsp3) is 0. The van der Waals surface area contributed by atoms with E-state index in [-0.39, 0.29) is 0 Å². The molecule has 4 heterocycles. The summed E-state index contributed by atoms with van der Waals surface area (Å²) in [5, 5.41) is 9.09. The zero-order valence-corrected chi connectivity index (χ0v) is 29.4. The monoisotopic (exact) mass is 703 g/mol. The second-order valence-electron chi connectivity index (χ2n) is 14.1. The molecule has 12 aromatic rings. The van der Waals surface area contributed by atoms with Gasteiger partial charge in [-0.3, -0.25) is 4.57 Å². The van der Waals surface area contributed by atoms with E-state index in [1.165, 1.54) is 5.39 Å². The van der Waals surface area contributed by atoms with Gasteiger partial charge in [0.05, 0.1) is 27.8 Å². The van der Waals surface area contributed by atoms with Crippen LogP contribution in [0.2, 0.25) is 0 Å². The molecule has 6 heteroatoms. The SMILES string of the molecule is c1ccc2cc(-c3nc(-c4ccc5c6ccccc6n(-c6cccc7c6oc6ccccc67)c5c4)nc(-n4c5ccccc5c5ccccc54)n3)ccc2c1. The van der Waals surface area contributed by atoms with Crippen molar-refractivity contribution in [2.45, 2.75) is 0 Å². The molecule has 0 aliphatic carbocycles. The molecule has 0 saturated carbocycles. The van der Waals surface area contributed by atoms with Crippen molar-refractivity contribution in [3.05, 3.63) is 176 Å². The van der Waals surface area contributed by atoms with Gasteiger partial charge in [-0.1, -0.05) is 133 Å². The Balaban J connectivity index is 1.14. The van der Waals surface area contributed by atoms with Gasteiger partial charge in [-0.05, 0) is 53.2 Å². The Morgan fingerprint density at radius 3 is 1.64 bits per heavy atom. The Morgan fingerprint density at radius 2 is 0.909 bits per heavy atom. The fourth-order valence-electron chi connectivity index (χ4n) is 8.47. The van der Waals surface area contributed by atoms with Gasteiger partial charge in [0.2, 0.25) is 5.95 Å². The van der Waals surface area contributed by atoms with Crippen LogP contribution < -0.4 is 0 Å².